The van der Waals surface area contributed by atoms with Crippen molar-refractivity contribution in [2.24, 2.45) is 0 Å². The van der Waals surface area contributed by atoms with E-state index in [0.29, 0.717) is 6.54 Å². The fourth-order valence-corrected chi connectivity index (χ4v) is 3.80. The van der Waals surface area contributed by atoms with Crippen LogP contribution in [0.4, 0.5) is 4.39 Å². The van der Waals surface area contributed by atoms with Crippen molar-refractivity contribution in [3.05, 3.63) is 53.4 Å². The SMILES string of the molecule is CCN1C(=O)c2c(C(=O)NC3CC3)ncn2C[C@]1(C)C(=O)NCc1ccc(F)cc1. The summed E-state index contributed by atoms with van der Waals surface area (Å²) < 4.78 is 14.7. The van der Waals surface area contributed by atoms with Crippen LogP contribution in [0.3, 0.4) is 0 Å². The van der Waals surface area contributed by atoms with Gasteiger partial charge < -0.3 is 20.1 Å². The number of amides is 3. The molecule has 2 aromatic rings. The predicted octanol–water partition coefficient (Wildman–Crippen LogP) is 1.47. The molecule has 0 spiro atoms. The van der Waals surface area contributed by atoms with Gasteiger partial charge in [-0.05, 0) is 44.4 Å². The zero-order valence-electron chi connectivity index (χ0n) is 16.9. The average Bonchev–Trinajstić information content (AvgIpc) is 3.43. The first-order chi connectivity index (χ1) is 14.3. The third-order valence-corrected chi connectivity index (χ3v) is 5.66. The van der Waals surface area contributed by atoms with Gasteiger partial charge in [-0.2, -0.15) is 0 Å². The smallest absolute Gasteiger partial charge is 0.273 e. The van der Waals surface area contributed by atoms with Crippen molar-refractivity contribution < 1.29 is 18.8 Å². The third kappa shape index (κ3) is 3.55. The number of benzene rings is 1. The van der Waals surface area contributed by atoms with Crippen LogP contribution in [-0.2, 0) is 17.9 Å². The van der Waals surface area contributed by atoms with Gasteiger partial charge in [0.2, 0.25) is 5.91 Å². The van der Waals surface area contributed by atoms with E-state index in [-0.39, 0.29) is 48.2 Å². The molecule has 1 aliphatic carbocycles. The van der Waals surface area contributed by atoms with E-state index in [1.165, 1.54) is 23.4 Å². The summed E-state index contributed by atoms with van der Waals surface area (Å²) in [6.45, 7) is 4.18. The molecule has 4 rings (SSSR count). The van der Waals surface area contributed by atoms with E-state index in [0.717, 1.165) is 18.4 Å². The maximum Gasteiger partial charge on any atom is 0.273 e. The number of likely N-dealkylation sites (N-methyl/N-ethyl adjacent to an activating group) is 1. The zero-order valence-corrected chi connectivity index (χ0v) is 16.9. The van der Waals surface area contributed by atoms with Crippen LogP contribution in [0, 0.1) is 5.82 Å². The maximum atomic E-state index is 13.2. The Morgan fingerprint density at radius 3 is 2.60 bits per heavy atom. The first kappa shape index (κ1) is 20.1. The number of nitrogens with one attached hydrogen (secondary N) is 2. The third-order valence-electron chi connectivity index (χ3n) is 5.66. The van der Waals surface area contributed by atoms with E-state index in [2.05, 4.69) is 15.6 Å². The van der Waals surface area contributed by atoms with Crippen molar-refractivity contribution in [3.8, 4) is 0 Å². The van der Waals surface area contributed by atoms with Gasteiger partial charge in [0.1, 0.15) is 17.1 Å². The lowest BCUT2D eigenvalue weighted by Gasteiger charge is -2.43. The molecule has 1 atom stereocenters. The fraction of sp³-hybridized carbons (Fsp3) is 0.429. The minimum absolute atomic E-state index is 0.0964. The molecule has 1 aromatic carbocycles. The zero-order chi connectivity index (χ0) is 21.5. The van der Waals surface area contributed by atoms with Crippen molar-refractivity contribution in [3.63, 3.8) is 0 Å². The number of nitrogens with zero attached hydrogens (tertiary/aromatic N) is 3. The normalized spacial score (nSPS) is 20.6. The molecule has 3 amide bonds. The van der Waals surface area contributed by atoms with Crippen LogP contribution in [0.1, 0.15) is 53.2 Å². The highest BCUT2D eigenvalue weighted by Crippen LogP contribution is 2.29. The largest absolute Gasteiger partial charge is 0.350 e. The van der Waals surface area contributed by atoms with Crippen molar-refractivity contribution in [1.29, 1.82) is 0 Å². The molecule has 0 bridgehead atoms. The molecule has 1 aliphatic heterocycles. The summed E-state index contributed by atoms with van der Waals surface area (Å²) in [5.41, 5.74) is -0.0945. The Balaban J connectivity index is 1.55. The van der Waals surface area contributed by atoms with Gasteiger partial charge in [0, 0.05) is 19.1 Å². The van der Waals surface area contributed by atoms with Gasteiger partial charge in [0.05, 0.1) is 12.9 Å². The maximum absolute atomic E-state index is 13.2. The minimum Gasteiger partial charge on any atom is -0.350 e. The molecule has 0 saturated heterocycles. The van der Waals surface area contributed by atoms with E-state index >= 15 is 0 Å². The summed E-state index contributed by atoms with van der Waals surface area (Å²) in [5.74, 6) is -1.44. The number of carbonyl (C=O) groups is 3. The van der Waals surface area contributed by atoms with E-state index in [4.69, 9.17) is 0 Å². The van der Waals surface area contributed by atoms with Crippen LogP contribution in [0.2, 0.25) is 0 Å². The number of imidazole rings is 1. The molecule has 158 valence electrons. The second-order valence-electron chi connectivity index (χ2n) is 7.95. The van der Waals surface area contributed by atoms with Gasteiger partial charge in [-0.3, -0.25) is 14.4 Å². The van der Waals surface area contributed by atoms with E-state index in [1.54, 1.807) is 30.5 Å². The Bertz CT molecular complexity index is 999. The van der Waals surface area contributed by atoms with Crippen LogP contribution in [0.5, 0.6) is 0 Å². The molecule has 1 fully saturated rings. The summed E-state index contributed by atoms with van der Waals surface area (Å²) in [5, 5.41) is 5.69. The summed E-state index contributed by atoms with van der Waals surface area (Å²) in [7, 11) is 0. The molecular weight excluding hydrogens is 389 g/mol. The molecule has 9 heteroatoms. The number of rotatable bonds is 6. The van der Waals surface area contributed by atoms with E-state index in [1.807, 2.05) is 0 Å². The Morgan fingerprint density at radius 2 is 1.97 bits per heavy atom. The van der Waals surface area contributed by atoms with Gasteiger partial charge in [0.25, 0.3) is 11.8 Å². The topological polar surface area (TPSA) is 96.3 Å². The lowest BCUT2D eigenvalue weighted by Crippen LogP contribution is -2.63. The summed E-state index contributed by atoms with van der Waals surface area (Å²) in [6, 6.07) is 6.01. The fourth-order valence-electron chi connectivity index (χ4n) is 3.80. The van der Waals surface area contributed by atoms with Crippen molar-refractivity contribution >= 4 is 17.7 Å². The number of hydrogen-bond donors (Lipinski definition) is 2. The van der Waals surface area contributed by atoms with Crippen LogP contribution >= 0.6 is 0 Å². The highest BCUT2D eigenvalue weighted by atomic mass is 19.1. The Kier molecular flexibility index (Phi) is 5.05. The lowest BCUT2D eigenvalue weighted by atomic mass is 9.94. The Morgan fingerprint density at radius 1 is 1.27 bits per heavy atom. The molecule has 8 nitrogen and oxygen atoms in total. The first-order valence-electron chi connectivity index (χ1n) is 10.0. The molecule has 0 radical (unpaired) electrons. The highest BCUT2D eigenvalue weighted by molar-refractivity contribution is 6.07. The van der Waals surface area contributed by atoms with Crippen molar-refractivity contribution in [2.75, 3.05) is 6.54 Å². The van der Waals surface area contributed by atoms with Crippen LogP contribution in [-0.4, -0.2) is 50.3 Å². The monoisotopic (exact) mass is 413 g/mol. The van der Waals surface area contributed by atoms with Gasteiger partial charge in [0.15, 0.2) is 5.69 Å². The van der Waals surface area contributed by atoms with Gasteiger partial charge in [-0.1, -0.05) is 12.1 Å². The van der Waals surface area contributed by atoms with Crippen molar-refractivity contribution in [1.82, 2.24) is 25.1 Å². The summed E-state index contributed by atoms with van der Waals surface area (Å²) in [6.07, 6.45) is 3.31. The second-order valence-corrected chi connectivity index (χ2v) is 7.95. The standard InChI is InChI=1S/C21H24FN5O3/c1-3-27-19(29)17-16(18(28)25-15-8-9-15)24-12-26(17)11-21(27,2)20(30)23-10-13-4-6-14(22)7-5-13/h4-7,12,15H,3,8-11H2,1-2H3,(H,23,30)(H,25,28)/t21-/m1/s1. The quantitative estimate of drug-likeness (QED) is 0.750. The van der Waals surface area contributed by atoms with E-state index in [9.17, 15) is 18.8 Å². The second kappa shape index (κ2) is 7.55. The first-order valence-corrected chi connectivity index (χ1v) is 10.0. The summed E-state index contributed by atoms with van der Waals surface area (Å²) in [4.78, 5) is 44.4. The predicted molar refractivity (Wildman–Crippen MR) is 106 cm³/mol. The van der Waals surface area contributed by atoms with Crippen LogP contribution in [0.15, 0.2) is 30.6 Å². The summed E-state index contributed by atoms with van der Waals surface area (Å²) >= 11 is 0. The Hall–Kier alpha value is -3.23. The number of hydrogen-bond acceptors (Lipinski definition) is 4. The number of aromatic nitrogens is 2. The van der Waals surface area contributed by atoms with Crippen LogP contribution in [0.25, 0.3) is 0 Å². The van der Waals surface area contributed by atoms with E-state index < -0.39 is 11.4 Å². The number of fused-ring (bicyclic) bond motifs is 1. The molecule has 2 N–H and O–H groups in total. The number of carbonyl (C=O) groups excluding carboxylic acids is 3. The molecule has 2 aliphatic rings. The molecule has 0 unspecified atom stereocenters. The van der Waals surface area contributed by atoms with Crippen LogP contribution < -0.4 is 10.6 Å². The minimum atomic E-state index is -1.15. The van der Waals surface area contributed by atoms with Gasteiger partial charge in [-0.25, -0.2) is 9.37 Å². The molecular formula is C21H24FN5O3. The highest BCUT2D eigenvalue weighted by Gasteiger charge is 2.48. The lowest BCUT2D eigenvalue weighted by molar-refractivity contribution is -0.132. The molecule has 1 saturated carbocycles. The van der Waals surface area contributed by atoms with Gasteiger partial charge in [-0.15, -0.1) is 0 Å². The van der Waals surface area contributed by atoms with Crippen molar-refractivity contribution in [2.45, 2.75) is 51.4 Å². The molecule has 1 aromatic heterocycles. The molecule has 30 heavy (non-hydrogen) atoms. The Labute approximate surface area is 173 Å². The van der Waals surface area contributed by atoms with Gasteiger partial charge >= 0.3 is 0 Å². The number of halogens is 1. The molecule has 2 heterocycles. The average molecular weight is 413 g/mol.